The Morgan fingerprint density at radius 1 is 1.04 bits per heavy atom. The van der Waals surface area contributed by atoms with Gasteiger partial charge >= 0.3 is 0 Å². The fraction of sp³-hybridized carbons (Fsp3) is 0.158. The number of anilines is 2. The molecule has 0 saturated heterocycles. The van der Waals surface area contributed by atoms with Crippen LogP contribution in [0.15, 0.2) is 64.1 Å². The SMILES string of the molecule is CC1=NN(c2ccc(S(=O)(=O)O)cc2)C(=O)C1=Cc1ccc(N(C)C)cc1. The lowest BCUT2D eigenvalue weighted by molar-refractivity contribution is -0.114. The number of hydrazone groups is 1. The third-order valence-electron chi connectivity index (χ3n) is 4.16. The molecule has 27 heavy (non-hydrogen) atoms. The molecule has 0 fully saturated rings. The Bertz CT molecular complexity index is 1040. The average molecular weight is 385 g/mol. The van der Waals surface area contributed by atoms with E-state index < -0.39 is 10.1 Å². The summed E-state index contributed by atoms with van der Waals surface area (Å²) < 4.78 is 31.3. The molecule has 0 radical (unpaired) electrons. The Labute approximate surface area is 158 Å². The molecule has 0 saturated carbocycles. The Morgan fingerprint density at radius 3 is 2.15 bits per heavy atom. The van der Waals surface area contributed by atoms with Crippen LogP contribution >= 0.6 is 0 Å². The topological polar surface area (TPSA) is 90.3 Å². The summed E-state index contributed by atoms with van der Waals surface area (Å²) in [4.78, 5) is 14.5. The number of benzene rings is 2. The standard InChI is InChI=1S/C19H19N3O4S/c1-13-18(12-14-4-6-15(7-5-14)21(2)3)19(23)22(20-13)16-8-10-17(11-9-16)27(24,25)26/h4-12H,1-3H3,(H,24,25,26). The summed E-state index contributed by atoms with van der Waals surface area (Å²) in [7, 11) is -0.374. The van der Waals surface area contributed by atoms with Gasteiger partial charge in [0.05, 0.1) is 21.9 Å². The smallest absolute Gasteiger partial charge is 0.294 e. The Balaban J connectivity index is 1.87. The van der Waals surface area contributed by atoms with E-state index >= 15 is 0 Å². The van der Waals surface area contributed by atoms with Crippen LogP contribution in [0.5, 0.6) is 0 Å². The zero-order chi connectivity index (χ0) is 19.8. The van der Waals surface area contributed by atoms with Crippen molar-refractivity contribution in [1.82, 2.24) is 0 Å². The highest BCUT2D eigenvalue weighted by atomic mass is 32.2. The summed E-state index contributed by atoms with van der Waals surface area (Å²) in [6, 6.07) is 13.1. The van der Waals surface area contributed by atoms with Gasteiger partial charge in [-0.05, 0) is 55.0 Å². The quantitative estimate of drug-likeness (QED) is 0.646. The van der Waals surface area contributed by atoms with Crippen LogP contribution in [-0.4, -0.2) is 38.7 Å². The summed E-state index contributed by atoms with van der Waals surface area (Å²) in [5.41, 5.74) is 3.38. The molecule has 0 spiro atoms. The number of amides is 1. The molecular formula is C19H19N3O4S. The normalized spacial score (nSPS) is 16.0. The third kappa shape index (κ3) is 3.91. The molecular weight excluding hydrogens is 366 g/mol. The molecule has 8 heteroatoms. The van der Waals surface area contributed by atoms with Crippen molar-refractivity contribution in [2.24, 2.45) is 5.10 Å². The molecule has 1 N–H and O–H groups in total. The van der Waals surface area contributed by atoms with Gasteiger partial charge in [0.2, 0.25) is 0 Å². The second-order valence-corrected chi connectivity index (χ2v) is 7.74. The van der Waals surface area contributed by atoms with Crippen LogP contribution < -0.4 is 9.91 Å². The highest BCUT2D eigenvalue weighted by molar-refractivity contribution is 7.85. The first kappa shape index (κ1) is 18.8. The molecule has 0 atom stereocenters. The maximum absolute atomic E-state index is 12.7. The maximum atomic E-state index is 12.7. The molecule has 1 amide bonds. The Kier molecular flexibility index (Phi) is 4.86. The number of hydrogen-bond acceptors (Lipinski definition) is 5. The summed E-state index contributed by atoms with van der Waals surface area (Å²) in [6.45, 7) is 1.74. The van der Waals surface area contributed by atoms with Crippen molar-refractivity contribution in [2.75, 3.05) is 24.0 Å². The zero-order valence-electron chi connectivity index (χ0n) is 15.1. The van der Waals surface area contributed by atoms with Gasteiger partial charge in [0.1, 0.15) is 0 Å². The van der Waals surface area contributed by atoms with Crippen LogP contribution in [0.2, 0.25) is 0 Å². The van der Waals surface area contributed by atoms with Crippen molar-refractivity contribution in [2.45, 2.75) is 11.8 Å². The number of carbonyl (C=O) groups excluding carboxylic acids is 1. The number of hydrogen-bond donors (Lipinski definition) is 1. The monoisotopic (exact) mass is 385 g/mol. The number of carbonyl (C=O) groups is 1. The summed E-state index contributed by atoms with van der Waals surface area (Å²) in [5, 5.41) is 5.48. The van der Waals surface area contributed by atoms with Gasteiger partial charge in [-0.1, -0.05) is 12.1 Å². The largest absolute Gasteiger partial charge is 0.378 e. The molecule has 140 valence electrons. The minimum atomic E-state index is -4.28. The molecule has 2 aromatic rings. The lowest BCUT2D eigenvalue weighted by atomic mass is 10.1. The predicted molar refractivity (Wildman–Crippen MR) is 106 cm³/mol. The van der Waals surface area contributed by atoms with Gasteiger partial charge in [-0.25, -0.2) is 0 Å². The molecule has 0 unspecified atom stereocenters. The van der Waals surface area contributed by atoms with Crippen molar-refractivity contribution in [3.05, 3.63) is 59.7 Å². The fourth-order valence-corrected chi connectivity index (χ4v) is 3.13. The molecule has 0 aromatic heterocycles. The van der Waals surface area contributed by atoms with E-state index in [2.05, 4.69) is 5.10 Å². The van der Waals surface area contributed by atoms with E-state index in [9.17, 15) is 13.2 Å². The summed E-state index contributed by atoms with van der Waals surface area (Å²) >= 11 is 0. The van der Waals surface area contributed by atoms with Gasteiger partial charge in [0.15, 0.2) is 0 Å². The molecule has 1 heterocycles. The van der Waals surface area contributed by atoms with Crippen LogP contribution in [0.25, 0.3) is 6.08 Å². The summed E-state index contributed by atoms with van der Waals surface area (Å²) in [6.07, 6.45) is 1.77. The lowest BCUT2D eigenvalue weighted by Gasteiger charge is -2.12. The highest BCUT2D eigenvalue weighted by Gasteiger charge is 2.28. The van der Waals surface area contributed by atoms with Crippen molar-refractivity contribution >= 4 is 39.2 Å². The first-order valence-electron chi connectivity index (χ1n) is 8.13. The van der Waals surface area contributed by atoms with Crippen molar-refractivity contribution < 1.29 is 17.8 Å². The van der Waals surface area contributed by atoms with E-state index in [1.54, 1.807) is 13.0 Å². The van der Waals surface area contributed by atoms with Gasteiger partial charge in [0, 0.05) is 19.8 Å². The molecule has 7 nitrogen and oxygen atoms in total. The van der Waals surface area contributed by atoms with Crippen LogP contribution in [-0.2, 0) is 14.9 Å². The van der Waals surface area contributed by atoms with Crippen LogP contribution in [0.1, 0.15) is 12.5 Å². The van der Waals surface area contributed by atoms with Gasteiger partial charge in [-0.2, -0.15) is 18.5 Å². The fourth-order valence-electron chi connectivity index (χ4n) is 2.65. The van der Waals surface area contributed by atoms with Crippen LogP contribution in [0.3, 0.4) is 0 Å². The predicted octanol–water partition coefficient (Wildman–Crippen LogP) is 2.81. The van der Waals surface area contributed by atoms with Gasteiger partial charge in [0.25, 0.3) is 16.0 Å². The van der Waals surface area contributed by atoms with Crippen molar-refractivity contribution in [3.8, 4) is 0 Å². The lowest BCUT2D eigenvalue weighted by Crippen LogP contribution is -2.21. The zero-order valence-corrected chi connectivity index (χ0v) is 15.9. The minimum absolute atomic E-state index is 0.240. The second kappa shape index (κ2) is 6.98. The third-order valence-corrected chi connectivity index (χ3v) is 5.03. The van der Waals surface area contributed by atoms with E-state index in [-0.39, 0.29) is 10.8 Å². The Hall–Kier alpha value is -2.97. The molecule has 0 bridgehead atoms. The van der Waals surface area contributed by atoms with Crippen molar-refractivity contribution in [1.29, 1.82) is 0 Å². The van der Waals surface area contributed by atoms with Crippen LogP contribution in [0.4, 0.5) is 11.4 Å². The second-order valence-electron chi connectivity index (χ2n) is 6.32. The van der Waals surface area contributed by atoms with E-state index in [0.717, 1.165) is 11.3 Å². The molecule has 1 aliphatic rings. The average Bonchev–Trinajstić information content (AvgIpc) is 2.90. The maximum Gasteiger partial charge on any atom is 0.294 e. The van der Waals surface area contributed by atoms with E-state index in [1.807, 2.05) is 43.3 Å². The van der Waals surface area contributed by atoms with Crippen molar-refractivity contribution in [3.63, 3.8) is 0 Å². The van der Waals surface area contributed by atoms with E-state index in [1.165, 1.54) is 29.3 Å². The minimum Gasteiger partial charge on any atom is -0.378 e. The molecule has 0 aliphatic carbocycles. The van der Waals surface area contributed by atoms with Gasteiger partial charge in [-0.15, -0.1) is 0 Å². The first-order chi connectivity index (χ1) is 12.7. The molecule has 3 rings (SSSR count). The highest BCUT2D eigenvalue weighted by Crippen LogP contribution is 2.26. The first-order valence-corrected chi connectivity index (χ1v) is 9.57. The van der Waals surface area contributed by atoms with Gasteiger partial charge in [-0.3, -0.25) is 9.35 Å². The number of nitrogens with zero attached hydrogens (tertiary/aromatic N) is 3. The van der Waals surface area contributed by atoms with Crippen LogP contribution in [0, 0.1) is 0 Å². The molecule has 2 aromatic carbocycles. The van der Waals surface area contributed by atoms with E-state index in [0.29, 0.717) is 17.0 Å². The molecule has 1 aliphatic heterocycles. The number of rotatable bonds is 4. The van der Waals surface area contributed by atoms with Gasteiger partial charge < -0.3 is 4.90 Å². The van der Waals surface area contributed by atoms with E-state index in [4.69, 9.17) is 4.55 Å². The summed E-state index contributed by atoms with van der Waals surface area (Å²) in [5.74, 6) is -0.302. The Morgan fingerprint density at radius 2 is 1.63 bits per heavy atom.